The summed E-state index contributed by atoms with van der Waals surface area (Å²) in [5.74, 6) is -0.00977. The van der Waals surface area contributed by atoms with Gasteiger partial charge in [0.1, 0.15) is 0 Å². The van der Waals surface area contributed by atoms with Crippen LogP contribution in [0.4, 0.5) is 0 Å². The van der Waals surface area contributed by atoms with Gasteiger partial charge in [0.15, 0.2) is 5.78 Å². The second-order valence-corrected chi connectivity index (χ2v) is 8.47. The van der Waals surface area contributed by atoms with Crippen LogP contribution in [0.1, 0.15) is 17.3 Å². The average molecular weight is 390 g/mol. The fraction of sp³-hybridized carbons (Fsp3) is 0.222. The number of rotatable bonds is 8. The highest BCUT2D eigenvalue weighted by atomic mass is 32.2. The SMILES string of the molecule is C[C@H](CNCC(=O)c1ccsc1)NS(=O)(=O)c1ccc2cnccc2c1. The quantitative estimate of drug-likeness (QED) is 0.578. The van der Waals surface area contributed by atoms with E-state index < -0.39 is 10.0 Å². The molecule has 0 bridgehead atoms. The molecule has 2 N–H and O–H groups in total. The summed E-state index contributed by atoms with van der Waals surface area (Å²) >= 11 is 1.47. The van der Waals surface area contributed by atoms with E-state index in [0.29, 0.717) is 12.1 Å². The lowest BCUT2D eigenvalue weighted by molar-refractivity contribution is 0.0991. The number of benzene rings is 1. The van der Waals surface area contributed by atoms with Gasteiger partial charge in [0.05, 0.1) is 11.4 Å². The Hall–Kier alpha value is -2.13. The van der Waals surface area contributed by atoms with Crippen LogP contribution in [0, 0.1) is 0 Å². The number of ketones is 1. The van der Waals surface area contributed by atoms with Crippen molar-refractivity contribution in [2.75, 3.05) is 13.1 Å². The van der Waals surface area contributed by atoms with Crippen LogP contribution in [-0.4, -0.2) is 38.3 Å². The number of carbonyl (C=O) groups is 1. The zero-order valence-electron chi connectivity index (χ0n) is 14.2. The van der Waals surface area contributed by atoms with Gasteiger partial charge in [0.2, 0.25) is 10.0 Å². The summed E-state index contributed by atoms with van der Waals surface area (Å²) in [5.41, 5.74) is 0.668. The first kappa shape index (κ1) is 18.7. The molecule has 1 aromatic carbocycles. The minimum absolute atomic E-state index is 0.00977. The van der Waals surface area contributed by atoms with Crippen molar-refractivity contribution in [3.05, 3.63) is 59.0 Å². The number of sulfonamides is 1. The molecular formula is C18H19N3O3S2. The second-order valence-electron chi connectivity index (χ2n) is 5.97. The van der Waals surface area contributed by atoms with Crippen LogP contribution in [0.5, 0.6) is 0 Å². The highest BCUT2D eigenvalue weighted by molar-refractivity contribution is 7.89. The lowest BCUT2D eigenvalue weighted by atomic mass is 10.2. The Kier molecular flexibility index (Phi) is 5.77. The molecule has 0 aliphatic carbocycles. The summed E-state index contributed by atoms with van der Waals surface area (Å²) < 4.78 is 27.7. The van der Waals surface area contributed by atoms with Gasteiger partial charge in [0.25, 0.3) is 0 Å². The molecule has 8 heteroatoms. The number of thiophene rings is 1. The van der Waals surface area contributed by atoms with Gasteiger partial charge in [-0.1, -0.05) is 6.07 Å². The van der Waals surface area contributed by atoms with E-state index in [1.54, 1.807) is 55.0 Å². The van der Waals surface area contributed by atoms with E-state index in [1.807, 2.05) is 5.38 Å². The lowest BCUT2D eigenvalue weighted by Gasteiger charge is -2.15. The van der Waals surface area contributed by atoms with Crippen LogP contribution in [0.25, 0.3) is 10.8 Å². The molecule has 0 aliphatic rings. The number of Topliss-reactive ketones (excluding diaryl/α,β-unsaturated/α-hetero) is 1. The Labute approximate surface area is 156 Å². The third-order valence-electron chi connectivity index (χ3n) is 3.86. The molecule has 26 heavy (non-hydrogen) atoms. The van der Waals surface area contributed by atoms with Crippen molar-refractivity contribution in [3.63, 3.8) is 0 Å². The van der Waals surface area contributed by atoms with E-state index in [-0.39, 0.29) is 23.3 Å². The maximum atomic E-state index is 12.5. The number of fused-ring (bicyclic) bond motifs is 1. The van der Waals surface area contributed by atoms with E-state index in [4.69, 9.17) is 0 Å². The van der Waals surface area contributed by atoms with Gasteiger partial charge in [-0.15, -0.1) is 0 Å². The van der Waals surface area contributed by atoms with Gasteiger partial charge >= 0.3 is 0 Å². The zero-order chi connectivity index (χ0) is 18.6. The first-order valence-corrected chi connectivity index (χ1v) is 10.5. The predicted octanol–water partition coefficient (Wildman–Crippen LogP) is 2.44. The van der Waals surface area contributed by atoms with Gasteiger partial charge in [-0.05, 0) is 42.0 Å². The Bertz CT molecular complexity index is 1000. The molecule has 3 rings (SSSR count). The summed E-state index contributed by atoms with van der Waals surface area (Å²) in [6.07, 6.45) is 3.32. The van der Waals surface area contributed by atoms with Crippen molar-refractivity contribution in [3.8, 4) is 0 Å². The summed E-state index contributed by atoms with van der Waals surface area (Å²) in [6.45, 7) is 2.28. The highest BCUT2D eigenvalue weighted by Crippen LogP contribution is 2.18. The molecule has 0 fully saturated rings. The number of hydrogen-bond acceptors (Lipinski definition) is 6. The number of pyridine rings is 1. The van der Waals surface area contributed by atoms with Crippen molar-refractivity contribution >= 4 is 37.9 Å². The van der Waals surface area contributed by atoms with E-state index in [9.17, 15) is 13.2 Å². The Morgan fingerprint density at radius 2 is 2.08 bits per heavy atom. The summed E-state index contributed by atoms with van der Waals surface area (Å²) in [4.78, 5) is 16.1. The Balaban J connectivity index is 1.58. The van der Waals surface area contributed by atoms with Gasteiger partial charge in [-0.3, -0.25) is 9.78 Å². The molecule has 3 aromatic rings. The maximum absolute atomic E-state index is 12.5. The fourth-order valence-electron chi connectivity index (χ4n) is 2.53. The molecule has 0 saturated heterocycles. The van der Waals surface area contributed by atoms with E-state index >= 15 is 0 Å². The fourth-order valence-corrected chi connectivity index (χ4v) is 4.47. The normalized spacial score (nSPS) is 13.0. The molecule has 0 saturated carbocycles. The molecule has 0 amide bonds. The third kappa shape index (κ3) is 4.53. The Morgan fingerprint density at radius 3 is 2.85 bits per heavy atom. The van der Waals surface area contributed by atoms with E-state index in [2.05, 4.69) is 15.0 Å². The van der Waals surface area contributed by atoms with E-state index in [0.717, 1.165) is 10.8 Å². The largest absolute Gasteiger partial charge is 0.308 e. The minimum Gasteiger partial charge on any atom is -0.308 e. The first-order chi connectivity index (χ1) is 12.5. The van der Waals surface area contributed by atoms with Crippen molar-refractivity contribution in [1.82, 2.24) is 15.0 Å². The zero-order valence-corrected chi connectivity index (χ0v) is 15.8. The number of nitrogens with one attached hydrogen (secondary N) is 2. The standard InChI is InChI=1S/C18H19N3O3S2/c1-13(9-20-11-18(22)16-5-7-25-12-16)21-26(23,24)17-3-2-15-10-19-6-4-14(15)8-17/h2-8,10,12-13,20-21H,9,11H2,1H3/t13-/m1/s1. The van der Waals surface area contributed by atoms with Crippen LogP contribution in [-0.2, 0) is 10.0 Å². The molecular weight excluding hydrogens is 370 g/mol. The number of nitrogens with zero attached hydrogens (tertiary/aromatic N) is 1. The first-order valence-electron chi connectivity index (χ1n) is 8.08. The van der Waals surface area contributed by atoms with Crippen molar-refractivity contribution < 1.29 is 13.2 Å². The predicted molar refractivity (Wildman–Crippen MR) is 103 cm³/mol. The van der Waals surface area contributed by atoms with Crippen LogP contribution in [0.2, 0.25) is 0 Å². The van der Waals surface area contributed by atoms with Gasteiger partial charge < -0.3 is 5.32 Å². The molecule has 1 atom stereocenters. The number of carbonyl (C=O) groups excluding carboxylic acids is 1. The topological polar surface area (TPSA) is 88.2 Å². The number of hydrogen-bond donors (Lipinski definition) is 2. The van der Waals surface area contributed by atoms with Crippen LogP contribution in [0.3, 0.4) is 0 Å². The molecule has 136 valence electrons. The molecule has 6 nitrogen and oxygen atoms in total. The highest BCUT2D eigenvalue weighted by Gasteiger charge is 2.18. The maximum Gasteiger partial charge on any atom is 0.240 e. The lowest BCUT2D eigenvalue weighted by Crippen LogP contribution is -2.41. The smallest absolute Gasteiger partial charge is 0.240 e. The number of aromatic nitrogens is 1. The summed E-state index contributed by atoms with van der Waals surface area (Å²) in [5, 5.41) is 8.34. The van der Waals surface area contributed by atoms with Gasteiger partial charge in [-0.25, -0.2) is 13.1 Å². The molecule has 0 spiro atoms. The van der Waals surface area contributed by atoms with Crippen molar-refractivity contribution in [2.45, 2.75) is 17.9 Å². The van der Waals surface area contributed by atoms with Gasteiger partial charge in [0, 0.05) is 41.3 Å². The Morgan fingerprint density at radius 1 is 1.23 bits per heavy atom. The van der Waals surface area contributed by atoms with Crippen LogP contribution >= 0.6 is 11.3 Å². The second kappa shape index (κ2) is 8.05. The average Bonchev–Trinajstić information content (AvgIpc) is 3.15. The third-order valence-corrected chi connectivity index (χ3v) is 6.13. The van der Waals surface area contributed by atoms with Crippen LogP contribution < -0.4 is 10.0 Å². The van der Waals surface area contributed by atoms with Gasteiger partial charge in [-0.2, -0.15) is 11.3 Å². The molecule has 0 radical (unpaired) electrons. The van der Waals surface area contributed by atoms with Crippen molar-refractivity contribution in [2.24, 2.45) is 0 Å². The molecule has 2 heterocycles. The molecule has 0 unspecified atom stereocenters. The molecule has 0 aliphatic heterocycles. The summed E-state index contributed by atoms with van der Waals surface area (Å²) in [7, 11) is -3.64. The summed E-state index contributed by atoms with van der Waals surface area (Å²) in [6, 6.07) is 8.11. The van der Waals surface area contributed by atoms with Crippen molar-refractivity contribution in [1.29, 1.82) is 0 Å². The minimum atomic E-state index is -3.64. The van der Waals surface area contributed by atoms with E-state index in [1.165, 1.54) is 11.3 Å². The monoisotopic (exact) mass is 389 g/mol. The van der Waals surface area contributed by atoms with Crippen LogP contribution in [0.15, 0.2) is 58.4 Å². The molecule has 2 aromatic heterocycles.